The summed E-state index contributed by atoms with van der Waals surface area (Å²) < 4.78 is 13.0. The van der Waals surface area contributed by atoms with Crippen LogP contribution in [-0.4, -0.2) is 0 Å². The van der Waals surface area contributed by atoms with E-state index in [1.165, 1.54) is 78.1 Å². The van der Waals surface area contributed by atoms with Crippen LogP contribution in [0.5, 0.6) is 23.0 Å². The van der Waals surface area contributed by atoms with Crippen molar-refractivity contribution in [3.8, 4) is 67.5 Å². The maximum Gasteiger partial charge on any atom is 0.151 e. The van der Waals surface area contributed by atoms with Crippen LogP contribution in [-0.2, 0) is 10.8 Å². The first-order chi connectivity index (χ1) is 31.2. The Kier molecular flexibility index (Phi) is 7.67. The minimum atomic E-state index is -0.283. The molecule has 0 bridgehead atoms. The standard InChI is InChI=1S/C60H44N2O2/c1-59(2)45-16-12-22-55-57(45)61(51-18-8-10-20-53(51)63-55)49-30-28-40(35-47(49)59)43-32-42(39-26-24-38(25-27-39)37-14-6-5-7-15-37)33-44(34-43)41-29-31-50-48(36-41)60(3,4)46-17-13-23-56-58(46)62(50)52-19-9-11-21-54(52)64-56/h5-36H,1-4H3. The molecular weight excluding hydrogens is 781 g/mol. The molecule has 0 saturated heterocycles. The van der Waals surface area contributed by atoms with Crippen molar-refractivity contribution in [2.75, 3.05) is 9.80 Å². The summed E-state index contributed by atoms with van der Waals surface area (Å²) in [4.78, 5) is 4.82. The Morgan fingerprint density at radius 1 is 0.281 bits per heavy atom. The highest BCUT2D eigenvalue weighted by Gasteiger charge is 2.43. The van der Waals surface area contributed by atoms with Gasteiger partial charge >= 0.3 is 0 Å². The lowest BCUT2D eigenvalue weighted by Gasteiger charge is -2.45. The molecule has 0 aromatic heterocycles. The third-order valence-corrected chi connectivity index (χ3v) is 14.2. The van der Waals surface area contributed by atoms with E-state index in [9.17, 15) is 0 Å². The highest BCUT2D eigenvalue weighted by atomic mass is 16.5. The molecule has 4 nitrogen and oxygen atoms in total. The zero-order valence-corrected chi connectivity index (χ0v) is 36.2. The number of fused-ring (bicyclic) bond motifs is 8. The number of hydrogen-bond acceptors (Lipinski definition) is 4. The normalized spacial score (nSPS) is 15.0. The number of hydrogen-bond donors (Lipinski definition) is 0. The summed E-state index contributed by atoms with van der Waals surface area (Å²) in [5, 5.41) is 0. The van der Waals surface area contributed by atoms with Gasteiger partial charge in [0.1, 0.15) is 0 Å². The van der Waals surface area contributed by atoms with Crippen LogP contribution in [0, 0.1) is 0 Å². The molecule has 9 aromatic carbocycles. The highest BCUT2D eigenvalue weighted by molar-refractivity contribution is 5.96. The van der Waals surface area contributed by atoms with Gasteiger partial charge in [0.25, 0.3) is 0 Å². The van der Waals surface area contributed by atoms with Gasteiger partial charge in [0, 0.05) is 10.8 Å². The van der Waals surface area contributed by atoms with Crippen LogP contribution < -0.4 is 19.3 Å². The van der Waals surface area contributed by atoms with Crippen LogP contribution >= 0.6 is 0 Å². The number of anilines is 6. The van der Waals surface area contributed by atoms with E-state index >= 15 is 0 Å². The van der Waals surface area contributed by atoms with Crippen LogP contribution in [0.2, 0.25) is 0 Å². The van der Waals surface area contributed by atoms with Crippen molar-refractivity contribution in [3.05, 3.63) is 216 Å². The van der Waals surface area contributed by atoms with Crippen LogP contribution in [0.15, 0.2) is 194 Å². The van der Waals surface area contributed by atoms with E-state index in [2.05, 4.69) is 219 Å². The number of benzene rings is 9. The Morgan fingerprint density at radius 2 is 0.656 bits per heavy atom. The second kappa shape index (κ2) is 13.3. The van der Waals surface area contributed by atoms with Gasteiger partial charge in [-0.2, -0.15) is 0 Å². The van der Waals surface area contributed by atoms with Crippen molar-refractivity contribution in [3.63, 3.8) is 0 Å². The van der Waals surface area contributed by atoms with Crippen LogP contribution in [0.4, 0.5) is 34.1 Å². The molecule has 306 valence electrons. The molecule has 0 radical (unpaired) electrons. The van der Waals surface area contributed by atoms with Crippen LogP contribution in [0.3, 0.4) is 0 Å². The molecule has 4 heterocycles. The lowest BCUT2D eigenvalue weighted by molar-refractivity contribution is 0.471. The molecular formula is C60H44N2O2. The van der Waals surface area contributed by atoms with Crippen molar-refractivity contribution >= 4 is 34.1 Å². The predicted octanol–water partition coefficient (Wildman–Crippen LogP) is 16.8. The van der Waals surface area contributed by atoms with Crippen molar-refractivity contribution in [2.45, 2.75) is 38.5 Å². The molecule has 0 spiro atoms. The van der Waals surface area contributed by atoms with E-state index in [-0.39, 0.29) is 10.8 Å². The summed E-state index contributed by atoms with van der Waals surface area (Å²) in [6.45, 7) is 9.40. The smallest absolute Gasteiger partial charge is 0.151 e. The first-order valence-electron chi connectivity index (χ1n) is 22.2. The van der Waals surface area contributed by atoms with Gasteiger partial charge in [-0.1, -0.05) is 143 Å². The number of para-hydroxylation sites is 6. The number of rotatable bonds is 4. The van der Waals surface area contributed by atoms with Crippen molar-refractivity contribution in [1.82, 2.24) is 0 Å². The van der Waals surface area contributed by atoms with Crippen molar-refractivity contribution < 1.29 is 9.47 Å². The van der Waals surface area contributed by atoms with Gasteiger partial charge in [0.2, 0.25) is 0 Å². The first kappa shape index (κ1) is 36.8. The summed E-state index contributed by atoms with van der Waals surface area (Å²) in [5.41, 5.74) is 20.7. The summed E-state index contributed by atoms with van der Waals surface area (Å²) in [6.07, 6.45) is 0. The fraction of sp³-hybridized carbons (Fsp3) is 0.100. The summed E-state index contributed by atoms with van der Waals surface area (Å²) in [5.74, 6) is 3.52. The Balaban J connectivity index is 0.987. The van der Waals surface area contributed by atoms with Gasteiger partial charge < -0.3 is 19.3 Å². The summed E-state index contributed by atoms with van der Waals surface area (Å²) in [6, 6.07) is 70.7. The maximum absolute atomic E-state index is 6.52. The second-order valence-corrected chi connectivity index (χ2v) is 18.6. The van der Waals surface area contributed by atoms with E-state index in [1.807, 2.05) is 12.1 Å². The predicted molar refractivity (Wildman–Crippen MR) is 262 cm³/mol. The molecule has 0 fully saturated rings. The van der Waals surface area contributed by atoms with Gasteiger partial charge in [-0.05, 0) is 146 Å². The molecule has 13 rings (SSSR count). The SMILES string of the molecule is CC1(C)c2cc(-c3cc(-c4ccc(-c5ccccc5)cc4)cc(-c4ccc5c(c4)C(C)(C)c4cccc6c4N5c4ccccc4O6)c3)ccc2N2c3ccccc3Oc3cccc1c32. The maximum atomic E-state index is 6.52. The van der Waals surface area contributed by atoms with Gasteiger partial charge in [-0.25, -0.2) is 0 Å². The average Bonchev–Trinajstić information content (AvgIpc) is 3.34. The molecule has 4 aliphatic rings. The van der Waals surface area contributed by atoms with Crippen molar-refractivity contribution in [1.29, 1.82) is 0 Å². The highest BCUT2D eigenvalue weighted by Crippen LogP contribution is 2.62. The molecule has 9 aromatic rings. The lowest BCUT2D eigenvalue weighted by Crippen LogP contribution is -2.32. The molecule has 4 aliphatic heterocycles. The van der Waals surface area contributed by atoms with Crippen LogP contribution in [0.25, 0.3) is 44.5 Å². The first-order valence-corrected chi connectivity index (χ1v) is 22.2. The molecule has 0 saturated carbocycles. The molecule has 64 heavy (non-hydrogen) atoms. The Morgan fingerprint density at radius 3 is 1.14 bits per heavy atom. The quantitative estimate of drug-likeness (QED) is 0.176. The minimum absolute atomic E-state index is 0.283. The molecule has 4 heteroatoms. The Labute approximate surface area is 374 Å². The lowest BCUT2D eigenvalue weighted by atomic mass is 9.72. The Bertz CT molecular complexity index is 3220. The van der Waals surface area contributed by atoms with Gasteiger partial charge in [-0.3, -0.25) is 0 Å². The van der Waals surface area contributed by atoms with Gasteiger partial charge in [0.05, 0.1) is 34.1 Å². The van der Waals surface area contributed by atoms with E-state index in [0.29, 0.717) is 0 Å². The third kappa shape index (κ3) is 5.29. The second-order valence-electron chi connectivity index (χ2n) is 18.6. The number of ether oxygens (including phenoxy) is 2. The molecule has 0 aliphatic carbocycles. The molecule has 0 unspecified atom stereocenters. The summed E-state index contributed by atoms with van der Waals surface area (Å²) in [7, 11) is 0. The van der Waals surface area contributed by atoms with E-state index in [4.69, 9.17) is 9.47 Å². The Hall–Kier alpha value is -7.82. The van der Waals surface area contributed by atoms with E-state index in [1.54, 1.807) is 0 Å². The van der Waals surface area contributed by atoms with Gasteiger partial charge in [0.15, 0.2) is 23.0 Å². The molecule has 0 amide bonds. The molecule has 0 N–H and O–H groups in total. The van der Waals surface area contributed by atoms with Crippen molar-refractivity contribution in [2.24, 2.45) is 0 Å². The fourth-order valence-corrected chi connectivity index (χ4v) is 10.8. The monoisotopic (exact) mass is 824 g/mol. The van der Waals surface area contributed by atoms with Gasteiger partial charge in [-0.15, -0.1) is 0 Å². The fourth-order valence-electron chi connectivity index (χ4n) is 10.8. The van der Waals surface area contributed by atoms with E-state index in [0.717, 1.165) is 45.7 Å². The van der Waals surface area contributed by atoms with E-state index < -0.39 is 0 Å². The zero-order chi connectivity index (χ0) is 42.9. The molecule has 0 atom stereocenters. The minimum Gasteiger partial charge on any atom is -0.453 e. The largest absolute Gasteiger partial charge is 0.453 e. The van der Waals surface area contributed by atoms with Crippen LogP contribution in [0.1, 0.15) is 49.9 Å². The number of nitrogens with zero attached hydrogens (tertiary/aromatic N) is 2. The summed E-state index contributed by atoms with van der Waals surface area (Å²) >= 11 is 0. The third-order valence-electron chi connectivity index (χ3n) is 14.2. The zero-order valence-electron chi connectivity index (χ0n) is 36.2. The topological polar surface area (TPSA) is 24.9 Å². The average molecular weight is 825 g/mol.